The Labute approximate surface area is 276 Å². The topological polar surface area (TPSA) is 86.3 Å². The molecule has 1 N–H and O–H groups in total. The first-order valence-electron chi connectivity index (χ1n) is 17.0. The van der Waals surface area contributed by atoms with E-state index in [0.717, 1.165) is 37.7 Å². The van der Waals surface area contributed by atoms with Crippen LogP contribution >= 0.6 is 0 Å². The smallest absolute Gasteiger partial charge is 0.352 e. The molecule has 1 saturated heterocycles. The van der Waals surface area contributed by atoms with Crippen molar-refractivity contribution < 1.29 is 28.5 Å². The molecule has 0 atom stereocenters. The van der Waals surface area contributed by atoms with Crippen molar-refractivity contribution in [3.8, 4) is 11.5 Å². The number of rotatable bonds is 19. The first-order valence-corrected chi connectivity index (χ1v) is 17.0. The second-order valence-electron chi connectivity index (χ2n) is 13.0. The van der Waals surface area contributed by atoms with Crippen molar-refractivity contribution in [2.75, 3.05) is 26.1 Å². The molecule has 8 heteroatoms. The Morgan fingerprint density at radius 2 is 1.41 bits per heavy atom. The molecule has 0 saturated carbocycles. The maximum atomic E-state index is 13.5. The van der Waals surface area contributed by atoms with Gasteiger partial charge in [-0.3, -0.25) is 0 Å². The molecule has 0 radical (unpaired) electrons. The molecule has 0 aliphatic carbocycles. The van der Waals surface area contributed by atoms with E-state index in [1.54, 1.807) is 46.3 Å². The quantitative estimate of drug-likeness (QED) is 0.0708. The van der Waals surface area contributed by atoms with E-state index in [-0.39, 0.29) is 11.0 Å². The van der Waals surface area contributed by atoms with E-state index in [0.29, 0.717) is 36.1 Å². The molecule has 46 heavy (non-hydrogen) atoms. The summed E-state index contributed by atoms with van der Waals surface area (Å²) in [4.78, 5) is 29.0. The van der Waals surface area contributed by atoms with E-state index in [1.165, 1.54) is 37.7 Å². The molecule has 1 fully saturated rings. The highest BCUT2D eigenvalue weighted by Crippen LogP contribution is 2.35. The van der Waals surface area contributed by atoms with Gasteiger partial charge < -0.3 is 29.2 Å². The molecule has 2 aromatic carbocycles. The van der Waals surface area contributed by atoms with Gasteiger partial charge in [-0.1, -0.05) is 96.9 Å². The normalized spacial score (nSPS) is 14.4. The summed E-state index contributed by atoms with van der Waals surface area (Å²) in [7, 11) is 3.16. The van der Waals surface area contributed by atoms with Crippen LogP contribution in [0.4, 0.5) is 5.69 Å². The number of ether oxygens (including phenoxy) is 4. The highest BCUT2D eigenvalue weighted by atomic mass is 16.7. The number of unbranched alkanes of at least 4 members (excludes halogenated alkanes) is 7. The second kappa shape index (κ2) is 17.3. The maximum absolute atomic E-state index is 13.5. The lowest BCUT2D eigenvalue weighted by atomic mass is 9.78. The largest absolute Gasteiger partial charge is 0.497 e. The van der Waals surface area contributed by atoms with Crippen LogP contribution in [-0.4, -0.2) is 43.4 Å². The highest BCUT2D eigenvalue weighted by Gasteiger charge is 2.42. The van der Waals surface area contributed by atoms with Gasteiger partial charge in [0.05, 0.1) is 19.9 Å². The minimum absolute atomic E-state index is 0.109. The Bertz CT molecular complexity index is 1290. The summed E-state index contributed by atoms with van der Waals surface area (Å²) >= 11 is 0. The number of carbonyl (C=O) groups is 2. The summed E-state index contributed by atoms with van der Waals surface area (Å²) in [5, 5.41) is 3.38. The standard InChI is InChI=1S/C38H56N2O6/c1-9-12-13-14-15-16-17-18-25-40(27-28-19-21-29(22-20-28)38(6,10-2)11-3)34(33-35(41)45-37(4,5)46-36(33)42)39-31-24-23-30(43-7)26-32(31)44-8/h19-24,26,39H,9-18,25,27H2,1-8H3. The Morgan fingerprint density at radius 1 is 0.826 bits per heavy atom. The Balaban J connectivity index is 2.02. The SMILES string of the molecule is CCCCCCCCCCN(Cc1ccc(C(C)(CC)CC)cc1)C(Nc1ccc(OC)cc1OC)=C1C(=O)OC(C)(C)OC1=O. The average molecular weight is 637 g/mol. The Morgan fingerprint density at radius 3 is 1.96 bits per heavy atom. The van der Waals surface area contributed by atoms with Gasteiger partial charge in [-0.15, -0.1) is 0 Å². The third-order valence-electron chi connectivity index (χ3n) is 9.17. The summed E-state index contributed by atoms with van der Waals surface area (Å²) < 4.78 is 22.2. The number of nitrogens with zero attached hydrogens (tertiary/aromatic N) is 1. The van der Waals surface area contributed by atoms with Crippen LogP contribution in [0, 0.1) is 0 Å². The van der Waals surface area contributed by atoms with Gasteiger partial charge in [0.25, 0.3) is 5.79 Å². The summed E-state index contributed by atoms with van der Waals surface area (Å²) in [6.07, 6.45) is 11.4. The van der Waals surface area contributed by atoms with Gasteiger partial charge in [0.15, 0.2) is 5.57 Å². The first-order chi connectivity index (χ1) is 22.0. The van der Waals surface area contributed by atoms with Gasteiger partial charge in [0.1, 0.15) is 17.3 Å². The second-order valence-corrected chi connectivity index (χ2v) is 13.0. The Hall–Kier alpha value is -3.68. The summed E-state index contributed by atoms with van der Waals surface area (Å²) in [5.74, 6) is -1.36. The predicted molar refractivity (Wildman–Crippen MR) is 184 cm³/mol. The van der Waals surface area contributed by atoms with E-state index in [1.807, 2.05) is 0 Å². The summed E-state index contributed by atoms with van der Waals surface area (Å²) in [5.41, 5.74) is 2.89. The number of cyclic esters (lactones) is 2. The van der Waals surface area contributed by atoms with Crippen molar-refractivity contribution >= 4 is 17.6 Å². The predicted octanol–water partition coefficient (Wildman–Crippen LogP) is 8.88. The molecule has 8 nitrogen and oxygen atoms in total. The molecule has 254 valence electrons. The number of esters is 2. The van der Waals surface area contributed by atoms with E-state index >= 15 is 0 Å². The van der Waals surface area contributed by atoms with Crippen molar-refractivity contribution in [3.63, 3.8) is 0 Å². The van der Waals surface area contributed by atoms with Gasteiger partial charge >= 0.3 is 11.9 Å². The fourth-order valence-corrected chi connectivity index (χ4v) is 5.77. The van der Waals surface area contributed by atoms with Crippen LogP contribution in [0.2, 0.25) is 0 Å². The minimum Gasteiger partial charge on any atom is -0.497 e. The zero-order valence-corrected chi connectivity index (χ0v) is 29.4. The van der Waals surface area contributed by atoms with Crippen molar-refractivity contribution in [3.05, 3.63) is 65.0 Å². The van der Waals surface area contributed by atoms with Crippen LogP contribution in [0.5, 0.6) is 11.5 Å². The fourth-order valence-electron chi connectivity index (χ4n) is 5.77. The molecule has 0 spiro atoms. The number of hydrogen-bond donors (Lipinski definition) is 1. The molecule has 1 aliphatic rings. The van der Waals surface area contributed by atoms with E-state index < -0.39 is 17.7 Å². The summed E-state index contributed by atoms with van der Waals surface area (Å²) in [6, 6.07) is 14.1. The lowest BCUT2D eigenvalue weighted by Crippen LogP contribution is -2.44. The third-order valence-corrected chi connectivity index (χ3v) is 9.17. The van der Waals surface area contributed by atoms with Crippen LogP contribution in [0.3, 0.4) is 0 Å². The van der Waals surface area contributed by atoms with Gasteiger partial charge in [-0.05, 0) is 47.9 Å². The molecule has 2 aromatic rings. The maximum Gasteiger partial charge on any atom is 0.352 e. The lowest BCUT2D eigenvalue weighted by Gasteiger charge is -2.35. The van der Waals surface area contributed by atoms with Crippen LogP contribution in [0.25, 0.3) is 0 Å². The molecule has 0 aromatic heterocycles. The zero-order valence-electron chi connectivity index (χ0n) is 29.4. The third kappa shape index (κ3) is 9.91. The number of methoxy groups -OCH3 is 2. The molecule has 0 unspecified atom stereocenters. The number of benzene rings is 2. The molecule has 1 heterocycles. The van der Waals surface area contributed by atoms with E-state index in [4.69, 9.17) is 18.9 Å². The van der Waals surface area contributed by atoms with Crippen LogP contribution < -0.4 is 14.8 Å². The van der Waals surface area contributed by atoms with Crippen molar-refractivity contribution in [1.29, 1.82) is 0 Å². The number of hydrogen-bond acceptors (Lipinski definition) is 8. The van der Waals surface area contributed by atoms with Crippen molar-refractivity contribution in [2.24, 2.45) is 0 Å². The number of nitrogens with one attached hydrogen (secondary N) is 1. The molecular weight excluding hydrogens is 580 g/mol. The highest BCUT2D eigenvalue weighted by molar-refractivity contribution is 6.16. The molecule has 1 aliphatic heterocycles. The fraction of sp³-hybridized carbons (Fsp3) is 0.579. The van der Waals surface area contributed by atoms with Crippen LogP contribution in [0.1, 0.15) is 117 Å². The minimum atomic E-state index is -1.36. The number of anilines is 1. The first kappa shape index (κ1) is 36.8. The van der Waals surface area contributed by atoms with Crippen LogP contribution in [0.15, 0.2) is 53.9 Å². The lowest BCUT2D eigenvalue weighted by molar-refractivity contribution is -0.222. The number of carbonyl (C=O) groups excluding carboxylic acids is 2. The monoisotopic (exact) mass is 636 g/mol. The van der Waals surface area contributed by atoms with Gasteiger partial charge in [0, 0.05) is 33.0 Å². The molecular formula is C38H56N2O6. The van der Waals surface area contributed by atoms with E-state index in [9.17, 15) is 9.59 Å². The van der Waals surface area contributed by atoms with Crippen molar-refractivity contribution in [1.82, 2.24) is 4.90 Å². The molecule has 3 rings (SSSR count). The van der Waals surface area contributed by atoms with E-state index in [2.05, 4.69) is 62.2 Å². The van der Waals surface area contributed by atoms with Gasteiger partial charge in [-0.2, -0.15) is 0 Å². The molecule has 0 amide bonds. The average Bonchev–Trinajstić information content (AvgIpc) is 3.04. The van der Waals surface area contributed by atoms with Gasteiger partial charge in [-0.25, -0.2) is 9.59 Å². The van der Waals surface area contributed by atoms with Crippen LogP contribution in [-0.2, 0) is 31.0 Å². The van der Waals surface area contributed by atoms with Crippen molar-refractivity contribution in [2.45, 2.75) is 123 Å². The molecule has 0 bridgehead atoms. The van der Waals surface area contributed by atoms with Gasteiger partial charge in [0.2, 0.25) is 0 Å². The summed E-state index contributed by atoms with van der Waals surface area (Å²) in [6.45, 7) is 13.2. The Kier molecular flexibility index (Phi) is 13.8. The zero-order chi connectivity index (χ0) is 33.7.